The molecule has 3 heteroatoms. The highest BCUT2D eigenvalue weighted by atomic mass is 79.9. The van der Waals surface area contributed by atoms with Crippen molar-refractivity contribution in [1.29, 1.82) is 0 Å². The normalized spacial score (nSPS) is 9.27. The van der Waals surface area contributed by atoms with Gasteiger partial charge in [0.15, 0.2) is 0 Å². The van der Waals surface area contributed by atoms with Gasteiger partial charge in [0, 0.05) is 21.6 Å². The summed E-state index contributed by atoms with van der Waals surface area (Å²) in [5.41, 5.74) is 1.94. The Morgan fingerprint density at radius 2 is 2.27 bits per heavy atom. The minimum absolute atomic E-state index is 0.219. The van der Waals surface area contributed by atoms with Gasteiger partial charge in [0.05, 0.1) is 0 Å². The maximum Gasteiger partial charge on any atom is 0.291 e. The largest absolute Gasteiger partial charge is 0.317 e. The molecule has 58 valence electrons. The molecule has 0 bridgehead atoms. The average Bonchev–Trinajstić information content (AvgIpc) is 1.85. The van der Waals surface area contributed by atoms with Crippen LogP contribution in [0.15, 0.2) is 24.3 Å². The summed E-state index contributed by atoms with van der Waals surface area (Å²) in [6, 6.07) is 7.61. The maximum absolute atomic E-state index is 10.5. The molecule has 0 fully saturated rings. The number of carbonyl (C=O) groups excluding carboxylic acids is 1. The number of benzene rings is 1. The first-order valence-corrected chi connectivity index (χ1v) is 4.01. The molecule has 0 radical (unpaired) electrons. The van der Waals surface area contributed by atoms with Crippen LogP contribution in [0.25, 0.3) is 0 Å². The SMILES string of the molecule is Cc1cccc(NC(=O)Br)c1. The Labute approximate surface area is 73.7 Å². The van der Waals surface area contributed by atoms with E-state index in [0.717, 1.165) is 11.3 Å². The number of amides is 1. The molecule has 1 N–H and O–H groups in total. The van der Waals surface area contributed by atoms with E-state index in [2.05, 4.69) is 21.2 Å². The molecule has 1 amide bonds. The summed E-state index contributed by atoms with van der Waals surface area (Å²) < 4.78 is 0. The lowest BCUT2D eigenvalue weighted by Gasteiger charge is -2.00. The molecule has 0 saturated carbocycles. The molecule has 0 aliphatic rings. The molecular weight excluding hydrogens is 206 g/mol. The van der Waals surface area contributed by atoms with E-state index in [9.17, 15) is 4.79 Å². The number of halogens is 1. The Morgan fingerprint density at radius 1 is 1.55 bits per heavy atom. The Hall–Kier alpha value is -0.830. The van der Waals surface area contributed by atoms with Crippen molar-refractivity contribution >= 4 is 26.4 Å². The Bertz CT molecular complexity index is 273. The van der Waals surface area contributed by atoms with Crippen molar-refractivity contribution in [3.05, 3.63) is 29.8 Å². The zero-order valence-electron chi connectivity index (χ0n) is 6.10. The standard InChI is InChI=1S/C8H8BrNO/c1-6-3-2-4-7(5-6)10-8(9)11/h2-5H,1H3,(H,10,11). The average molecular weight is 214 g/mol. The van der Waals surface area contributed by atoms with Crippen LogP contribution in [0.2, 0.25) is 0 Å². The van der Waals surface area contributed by atoms with Gasteiger partial charge in [-0.05, 0) is 24.6 Å². The van der Waals surface area contributed by atoms with Crippen molar-refractivity contribution in [2.45, 2.75) is 6.92 Å². The third-order valence-corrected chi connectivity index (χ3v) is 1.46. The van der Waals surface area contributed by atoms with Gasteiger partial charge in [-0.25, -0.2) is 0 Å². The van der Waals surface area contributed by atoms with Gasteiger partial charge in [-0.15, -0.1) is 0 Å². The molecule has 0 aliphatic heterocycles. The number of nitrogens with one attached hydrogen (secondary N) is 1. The lowest BCUT2D eigenvalue weighted by Crippen LogP contribution is -1.99. The van der Waals surface area contributed by atoms with E-state index in [1.165, 1.54) is 0 Å². The second-order valence-corrected chi connectivity index (χ2v) is 2.99. The lowest BCUT2D eigenvalue weighted by atomic mass is 10.2. The van der Waals surface area contributed by atoms with Crippen molar-refractivity contribution in [3.8, 4) is 0 Å². The summed E-state index contributed by atoms with van der Waals surface area (Å²) in [4.78, 5) is 10.3. The Morgan fingerprint density at radius 3 is 2.82 bits per heavy atom. The predicted octanol–water partition coefficient (Wildman–Crippen LogP) is 2.92. The fourth-order valence-corrected chi connectivity index (χ4v) is 1.07. The molecule has 1 aromatic rings. The van der Waals surface area contributed by atoms with Crippen molar-refractivity contribution in [1.82, 2.24) is 0 Å². The maximum atomic E-state index is 10.5. The van der Waals surface area contributed by atoms with E-state index in [-0.39, 0.29) is 4.82 Å². The first-order chi connectivity index (χ1) is 5.18. The van der Waals surface area contributed by atoms with Crippen LogP contribution in [-0.4, -0.2) is 4.82 Å². The second kappa shape index (κ2) is 3.53. The number of anilines is 1. The summed E-state index contributed by atoms with van der Waals surface area (Å²) in [5.74, 6) is 0. The summed E-state index contributed by atoms with van der Waals surface area (Å²) in [5, 5.41) is 2.62. The quantitative estimate of drug-likeness (QED) is 0.565. The highest BCUT2D eigenvalue weighted by molar-refractivity contribution is 9.18. The lowest BCUT2D eigenvalue weighted by molar-refractivity contribution is 0.270. The molecular formula is C8H8BrNO. The fraction of sp³-hybridized carbons (Fsp3) is 0.125. The number of carbonyl (C=O) groups is 1. The number of rotatable bonds is 1. The van der Waals surface area contributed by atoms with Crippen LogP contribution in [0.3, 0.4) is 0 Å². The molecule has 0 saturated heterocycles. The van der Waals surface area contributed by atoms with Crippen LogP contribution in [0, 0.1) is 6.92 Å². The van der Waals surface area contributed by atoms with Crippen LogP contribution in [0.4, 0.5) is 10.5 Å². The Kier molecular flexibility index (Phi) is 2.65. The van der Waals surface area contributed by atoms with E-state index >= 15 is 0 Å². The fourth-order valence-electron chi connectivity index (χ4n) is 0.836. The van der Waals surface area contributed by atoms with Crippen LogP contribution < -0.4 is 5.32 Å². The Balaban J connectivity index is 2.79. The zero-order valence-corrected chi connectivity index (χ0v) is 7.68. The van der Waals surface area contributed by atoms with Crippen LogP contribution >= 0.6 is 15.9 Å². The summed E-state index contributed by atoms with van der Waals surface area (Å²) in [7, 11) is 0. The summed E-state index contributed by atoms with van der Waals surface area (Å²) >= 11 is 2.79. The minimum atomic E-state index is -0.219. The molecule has 2 nitrogen and oxygen atoms in total. The molecule has 0 aliphatic carbocycles. The van der Waals surface area contributed by atoms with Crippen molar-refractivity contribution in [3.63, 3.8) is 0 Å². The van der Waals surface area contributed by atoms with Crippen LogP contribution in [-0.2, 0) is 0 Å². The third-order valence-electron chi connectivity index (χ3n) is 1.26. The van der Waals surface area contributed by atoms with Gasteiger partial charge in [0.2, 0.25) is 0 Å². The molecule has 0 heterocycles. The van der Waals surface area contributed by atoms with E-state index in [1.807, 2.05) is 31.2 Å². The van der Waals surface area contributed by atoms with Crippen molar-refractivity contribution in [2.24, 2.45) is 0 Å². The third kappa shape index (κ3) is 2.72. The van der Waals surface area contributed by atoms with Crippen LogP contribution in [0.5, 0.6) is 0 Å². The number of aryl methyl sites for hydroxylation is 1. The molecule has 11 heavy (non-hydrogen) atoms. The van der Waals surface area contributed by atoms with Crippen molar-refractivity contribution < 1.29 is 4.79 Å². The van der Waals surface area contributed by atoms with E-state index in [0.29, 0.717) is 0 Å². The minimum Gasteiger partial charge on any atom is -0.317 e. The molecule has 1 aromatic carbocycles. The van der Waals surface area contributed by atoms with E-state index in [1.54, 1.807) is 0 Å². The van der Waals surface area contributed by atoms with Gasteiger partial charge in [-0.2, -0.15) is 0 Å². The predicted molar refractivity (Wildman–Crippen MR) is 49.1 cm³/mol. The smallest absolute Gasteiger partial charge is 0.291 e. The number of hydrogen-bond donors (Lipinski definition) is 1. The zero-order chi connectivity index (χ0) is 8.27. The highest BCUT2D eigenvalue weighted by Gasteiger charge is 1.94. The van der Waals surface area contributed by atoms with Gasteiger partial charge in [-0.3, -0.25) is 4.79 Å². The van der Waals surface area contributed by atoms with Gasteiger partial charge >= 0.3 is 0 Å². The second-order valence-electron chi connectivity index (χ2n) is 2.27. The van der Waals surface area contributed by atoms with Gasteiger partial charge in [0.1, 0.15) is 0 Å². The van der Waals surface area contributed by atoms with E-state index in [4.69, 9.17) is 0 Å². The molecule has 0 unspecified atom stereocenters. The van der Waals surface area contributed by atoms with Gasteiger partial charge < -0.3 is 5.32 Å². The monoisotopic (exact) mass is 213 g/mol. The topological polar surface area (TPSA) is 29.1 Å². The highest BCUT2D eigenvalue weighted by Crippen LogP contribution is 2.10. The van der Waals surface area contributed by atoms with E-state index < -0.39 is 0 Å². The molecule has 0 atom stereocenters. The van der Waals surface area contributed by atoms with Crippen LogP contribution in [0.1, 0.15) is 5.56 Å². The van der Waals surface area contributed by atoms with Gasteiger partial charge in [-0.1, -0.05) is 12.1 Å². The molecule has 1 rings (SSSR count). The first-order valence-electron chi connectivity index (χ1n) is 3.21. The summed E-state index contributed by atoms with van der Waals surface area (Å²) in [6.45, 7) is 1.98. The van der Waals surface area contributed by atoms with Gasteiger partial charge in [0.25, 0.3) is 4.82 Å². The number of hydrogen-bond acceptors (Lipinski definition) is 1. The first kappa shape index (κ1) is 8.27. The molecule has 0 aromatic heterocycles. The molecule has 0 spiro atoms. The van der Waals surface area contributed by atoms with Crippen molar-refractivity contribution in [2.75, 3.05) is 5.32 Å². The summed E-state index contributed by atoms with van der Waals surface area (Å²) in [6.07, 6.45) is 0.